The van der Waals surface area contributed by atoms with Crippen molar-refractivity contribution in [1.29, 1.82) is 0 Å². The zero-order valence-corrected chi connectivity index (χ0v) is 14.4. The number of rotatable bonds is 6. The molecule has 1 aromatic rings. The van der Waals surface area contributed by atoms with E-state index in [4.69, 9.17) is 16.7 Å². The van der Waals surface area contributed by atoms with Gasteiger partial charge in [0, 0.05) is 3.57 Å². The van der Waals surface area contributed by atoms with Crippen molar-refractivity contribution >= 4 is 63.6 Å². The molecule has 0 bridgehead atoms. The van der Waals surface area contributed by atoms with Gasteiger partial charge in [-0.25, -0.2) is 9.59 Å². The molecule has 1 aromatic carbocycles. The maximum Gasteiger partial charge on any atom is 0.326 e. The quantitative estimate of drug-likeness (QED) is 0.608. The Labute approximate surface area is 140 Å². The number of hydrogen-bond donors (Lipinski definition) is 3. The average molecular weight is 429 g/mol. The smallest absolute Gasteiger partial charge is 0.326 e. The van der Waals surface area contributed by atoms with E-state index in [0.29, 0.717) is 22.9 Å². The van der Waals surface area contributed by atoms with Crippen molar-refractivity contribution in [3.8, 4) is 0 Å². The molecule has 0 aliphatic heterocycles. The summed E-state index contributed by atoms with van der Waals surface area (Å²) in [6, 6.07) is 3.68. The van der Waals surface area contributed by atoms with Crippen LogP contribution in [-0.4, -0.2) is 35.2 Å². The highest BCUT2D eigenvalue weighted by atomic mass is 127. The van der Waals surface area contributed by atoms with Gasteiger partial charge in [-0.15, -0.1) is 0 Å². The van der Waals surface area contributed by atoms with E-state index in [1.165, 1.54) is 11.8 Å². The van der Waals surface area contributed by atoms with Gasteiger partial charge in [-0.1, -0.05) is 11.6 Å². The third kappa shape index (κ3) is 5.76. The summed E-state index contributed by atoms with van der Waals surface area (Å²) in [5, 5.41) is 14.4. The Bertz CT molecular complexity index is 502. The average Bonchev–Trinajstić information content (AvgIpc) is 2.37. The molecule has 3 N–H and O–H groups in total. The Hall–Kier alpha value is -0.670. The Morgan fingerprint density at radius 3 is 2.75 bits per heavy atom. The molecule has 20 heavy (non-hydrogen) atoms. The van der Waals surface area contributed by atoms with Gasteiger partial charge < -0.3 is 15.7 Å². The van der Waals surface area contributed by atoms with Gasteiger partial charge in [0.25, 0.3) is 0 Å². The van der Waals surface area contributed by atoms with Gasteiger partial charge in [0.15, 0.2) is 0 Å². The topological polar surface area (TPSA) is 78.4 Å². The number of carboxylic acids is 1. The first-order valence-corrected chi connectivity index (χ1v) is 8.53. The second-order valence-electron chi connectivity index (χ2n) is 3.89. The summed E-state index contributed by atoms with van der Waals surface area (Å²) in [6.45, 7) is 0. The standard InChI is InChI=1S/C12H14ClIN2O3S/c1-20-5-4-10(11(17)18)16-12(19)15-9-3-2-7(14)6-8(9)13/h2-3,6,10H,4-5H2,1H3,(H,17,18)(H2,15,16,19)/t10-/m1/s1. The molecular formula is C12H14ClIN2O3S. The van der Waals surface area contributed by atoms with E-state index in [9.17, 15) is 9.59 Å². The zero-order chi connectivity index (χ0) is 15.1. The summed E-state index contributed by atoms with van der Waals surface area (Å²) in [4.78, 5) is 22.8. The van der Waals surface area contributed by atoms with Crippen LogP contribution in [0.1, 0.15) is 6.42 Å². The van der Waals surface area contributed by atoms with E-state index < -0.39 is 18.0 Å². The van der Waals surface area contributed by atoms with Gasteiger partial charge in [-0.3, -0.25) is 0 Å². The molecule has 1 atom stereocenters. The lowest BCUT2D eigenvalue weighted by atomic mass is 10.2. The van der Waals surface area contributed by atoms with E-state index in [2.05, 4.69) is 33.2 Å². The lowest BCUT2D eigenvalue weighted by Gasteiger charge is -2.15. The van der Waals surface area contributed by atoms with Crippen molar-refractivity contribution in [2.45, 2.75) is 12.5 Å². The van der Waals surface area contributed by atoms with Crippen LogP contribution in [0.5, 0.6) is 0 Å². The summed E-state index contributed by atoms with van der Waals surface area (Å²) in [5.41, 5.74) is 0.443. The van der Waals surface area contributed by atoms with Gasteiger partial charge in [-0.05, 0) is 59.2 Å². The third-order valence-electron chi connectivity index (χ3n) is 2.39. The number of anilines is 1. The molecule has 0 aromatic heterocycles. The summed E-state index contributed by atoms with van der Waals surface area (Å²) in [7, 11) is 0. The summed E-state index contributed by atoms with van der Waals surface area (Å²) in [6.07, 6.45) is 2.24. The number of carboxylic acid groups (broad SMARTS) is 1. The van der Waals surface area contributed by atoms with E-state index >= 15 is 0 Å². The Balaban J connectivity index is 2.63. The summed E-state index contributed by atoms with van der Waals surface area (Å²) >= 11 is 9.62. The Kier molecular flexibility index (Phi) is 7.46. The van der Waals surface area contributed by atoms with Crippen LogP contribution >= 0.6 is 46.0 Å². The first-order chi connectivity index (χ1) is 9.43. The van der Waals surface area contributed by atoms with Crippen LogP contribution in [0.4, 0.5) is 10.5 Å². The van der Waals surface area contributed by atoms with Crippen LogP contribution in [0, 0.1) is 3.57 Å². The molecule has 0 saturated carbocycles. The lowest BCUT2D eigenvalue weighted by molar-refractivity contribution is -0.139. The van der Waals surface area contributed by atoms with Crippen LogP contribution in [0.15, 0.2) is 18.2 Å². The zero-order valence-electron chi connectivity index (χ0n) is 10.7. The minimum Gasteiger partial charge on any atom is -0.480 e. The molecule has 110 valence electrons. The predicted octanol–water partition coefficient (Wildman–Crippen LogP) is 3.27. The molecule has 0 saturated heterocycles. The second kappa shape index (κ2) is 8.58. The van der Waals surface area contributed by atoms with Crippen molar-refractivity contribution < 1.29 is 14.7 Å². The molecule has 0 fully saturated rings. The number of halogens is 2. The first-order valence-electron chi connectivity index (χ1n) is 5.68. The molecule has 0 radical (unpaired) electrons. The molecule has 8 heteroatoms. The monoisotopic (exact) mass is 428 g/mol. The number of aliphatic carboxylic acids is 1. The fourth-order valence-electron chi connectivity index (χ4n) is 1.40. The maximum absolute atomic E-state index is 11.8. The van der Waals surface area contributed by atoms with Crippen LogP contribution in [0.2, 0.25) is 5.02 Å². The molecule has 2 amide bonds. The fraction of sp³-hybridized carbons (Fsp3) is 0.333. The van der Waals surface area contributed by atoms with Crippen LogP contribution < -0.4 is 10.6 Å². The van der Waals surface area contributed by atoms with E-state index in [-0.39, 0.29) is 0 Å². The number of benzene rings is 1. The molecule has 0 spiro atoms. The van der Waals surface area contributed by atoms with E-state index in [1.807, 2.05) is 6.26 Å². The first kappa shape index (κ1) is 17.4. The van der Waals surface area contributed by atoms with Gasteiger partial charge in [0.2, 0.25) is 0 Å². The molecule has 0 aliphatic carbocycles. The summed E-state index contributed by atoms with van der Waals surface area (Å²) in [5.74, 6) is -0.399. The van der Waals surface area contributed by atoms with Crippen LogP contribution in [-0.2, 0) is 4.79 Å². The normalized spacial score (nSPS) is 11.8. The largest absolute Gasteiger partial charge is 0.480 e. The molecular weight excluding hydrogens is 415 g/mol. The van der Waals surface area contributed by atoms with Crippen LogP contribution in [0.25, 0.3) is 0 Å². The highest BCUT2D eigenvalue weighted by Crippen LogP contribution is 2.23. The lowest BCUT2D eigenvalue weighted by Crippen LogP contribution is -2.43. The van der Waals surface area contributed by atoms with Crippen molar-refractivity contribution in [2.75, 3.05) is 17.3 Å². The number of nitrogens with one attached hydrogen (secondary N) is 2. The fourth-order valence-corrected chi connectivity index (χ4v) is 2.78. The number of amides is 2. The van der Waals surface area contributed by atoms with Gasteiger partial charge in [-0.2, -0.15) is 11.8 Å². The number of hydrogen-bond acceptors (Lipinski definition) is 3. The molecule has 1 rings (SSSR count). The van der Waals surface area contributed by atoms with E-state index in [1.54, 1.807) is 18.2 Å². The van der Waals surface area contributed by atoms with Crippen molar-refractivity contribution in [1.82, 2.24) is 5.32 Å². The summed E-state index contributed by atoms with van der Waals surface area (Å²) < 4.78 is 0.946. The van der Waals surface area contributed by atoms with Gasteiger partial charge >= 0.3 is 12.0 Å². The molecule has 0 unspecified atom stereocenters. The maximum atomic E-state index is 11.8. The minimum absolute atomic E-state index is 0.365. The van der Waals surface area contributed by atoms with Crippen molar-refractivity contribution in [3.05, 3.63) is 26.8 Å². The minimum atomic E-state index is -1.05. The number of carbonyl (C=O) groups is 2. The SMILES string of the molecule is CSCC[C@@H](NC(=O)Nc1ccc(I)cc1Cl)C(=O)O. The highest BCUT2D eigenvalue weighted by molar-refractivity contribution is 14.1. The van der Waals surface area contributed by atoms with Crippen LogP contribution in [0.3, 0.4) is 0 Å². The number of urea groups is 1. The van der Waals surface area contributed by atoms with E-state index in [0.717, 1.165) is 3.57 Å². The molecule has 0 aliphatic rings. The van der Waals surface area contributed by atoms with Gasteiger partial charge in [0.05, 0.1) is 10.7 Å². The number of thioether (sulfide) groups is 1. The Morgan fingerprint density at radius 1 is 1.50 bits per heavy atom. The highest BCUT2D eigenvalue weighted by Gasteiger charge is 2.19. The number of carbonyl (C=O) groups excluding carboxylic acids is 1. The Morgan fingerprint density at radius 2 is 2.20 bits per heavy atom. The molecule has 0 heterocycles. The predicted molar refractivity (Wildman–Crippen MR) is 90.7 cm³/mol. The molecule has 5 nitrogen and oxygen atoms in total. The third-order valence-corrected chi connectivity index (χ3v) is 4.02. The van der Waals surface area contributed by atoms with Gasteiger partial charge in [0.1, 0.15) is 6.04 Å². The van der Waals surface area contributed by atoms with Crippen molar-refractivity contribution in [2.24, 2.45) is 0 Å². The second-order valence-corrected chi connectivity index (χ2v) is 6.53. The van der Waals surface area contributed by atoms with Crippen molar-refractivity contribution in [3.63, 3.8) is 0 Å².